The Bertz CT molecular complexity index is 149. The van der Waals surface area contributed by atoms with Gasteiger partial charge in [0.15, 0.2) is 5.60 Å². The molecule has 0 aromatic carbocycles. The summed E-state index contributed by atoms with van der Waals surface area (Å²) in [5.41, 5.74) is -1.31. The number of hydrogen-bond donors (Lipinski definition) is 2. The van der Waals surface area contributed by atoms with Crippen LogP contribution in [0.4, 0.5) is 0 Å². The summed E-state index contributed by atoms with van der Waals surface area (Å²) in [5.74, 6) is -1.06. The quantitative estimate of drug-likeness (QED) is 0.471. The zero-order chi connectivity index (χ0) is 8.32. The predicted octanol–water partition coefficient (Wildman–Crippen LogP) is 1.26. The van der Waals surface area contributed by atoms with Crippen molar-refractivity contribution in [2.24, 2.45) is 0 Å². The van der Waals surface area contributed by atoms with Crippen molar-refractivity contribution in [1.82, 2.24) is 0 Å². The van der Waals surface area contributed by atoms with Gasteiger partial charge >= 0.3 is 5.97 Å². The first-order valence-corrected chi connectivity index (χ1v) is 3.77. The van der Waals surface area contributed by atoms with E-state index in [0.717, 1.165) is 19.3 Å². The van der Waals surface area contributed by atoms with Crippen molar-refractivity contribution in [3.63, 3.8) is 0 Å². The Morgan fingerprint density at radius 1 is 1.27 bits per heavy atom. The van der Waals surface area contributed by atoms with Crippen LogP contribution >= 0.6 is 0 Å². The predicted molar refractivity (Wildman–Crippen MR) is 37.2 cm³/mol. The normalized spacial score (nSPS) is 23.0. The first-order valence-electron chi connectivity index (χ1n) is 3.77. The highest BCUT2D eigenvalue weighted by Crippen LogP contribution is 2.30. The van der Waals surface area contributed by atoms with Gasteiger partial charge < -0.3 is 5.11 Å². The van der Waals surface area contributed by atoms with Crippen molar-refractivity contribution >= 4 is 5.97 Å². The van der Waals surface area contributed by atoms with Crippen molar-refractivity contribution in [3.8, 4) is 0 Å². The van der Waals surface area contributed by atoms with E-state index in [-0.39, 0.29) is 0 Å². The maximum absolute atomic E-state index is 10.6. The molecule has 0 aromatic rings. The number of carboxylic acids is 1. The van der Waals surface area contributed by atoms with Crippen LogP contribution in [0, 0.1) is 0 Å². The van der Waals surface area contributed by atoms with Crippen LogP contribution in [-0.2, 0) is 9.68 Å². The van der Waals surface area contributed by atoms with E-state index < -0.39 is 11.6 Å². The van der Waals surface area contributed by atoms with Crippen LogP contribution in [0.1, 0.15) is 32.1 Å². The standard InChI is InChI=1S/C7H12O4/c8-6(9)7(11-10)4-2-1-3-5-7/h10H,1-5H2,(H,8,9). The molecule has 0 atom stereocenters. The number of aliphatic carboxylic acids is 1. The fraction of sp³-hybridized carbons (Fsp3) is 0.857. The Hall–Kier alpha value is -0.610. The molecule has 1 aliphatic rings. The van der Waals surface area contributed by atoms with E-state index in [0.29, 0.717) is 12.8 Å². The lowest BCUT2D eigenvalue weighted by Gasteiger charge is -2.29. The molecule has 0 unspecified atom stereocenters. The van der Waals surface area contributed by atoms with E-state index in [4.69, 9.17) is 10.4 Å². The third kappa shape index (κ3) is 1.52. The maximum atomic E-state index is 10.6. The fourth-order valence-corrected chi connectivity index (χ4v) is 1.47. The Labute approximate surface area is 64.7 Å². The minimum absolute atomic E-state index is 0.416. The lowest BCUT2D eigenvalue weighted by molar-refractivity contribution is -0.323. The molecule has 1 fully saturated rings. The molecule has 0 saturated heterocycles. The smallest absolute Gasteiger partial charge is 0.339 e. The van der Waals surface area contributed by atoms with Gasteiger partial charge in [0, 0.05) is 0 Å². The zero-order valence-electron chi connectivity index (χ0n) is 6.25. The Kier molecular flexibility index (Phi) is 2.46. The minimum Gasteiger partial charge on any atom is -0.479 e. The highest BCUT2D eigenvalue weighted by Gasteiger charge is 2.41. The summed E-state index contributed by atoms with van der Waals surface area (Å²) in [6, 6.07) is 0. The van der Waals surface area contributed by atoms with E-state index >= 15 is 0 Å². The van der Waals surface area contributed by atoms with Crippen LogP contribution in [0.15, 0.2) is 0 Å². The molecule has 1 rings (SSSR count). The summed E-state index contributed by atoms with van der Waals surface area (Å²) in [7, 11) is 0. The average molecular weight is 160 g/mol. The van der Waals surface area contributed by atoms with Gasteiger partial charge in [-0.1, -0.05) is 6.42 Å². The van der Waals surface area contributed by atoms with Crippen LogP contribution in [-0.4, -0.2) is 21.9 Å². The second kappa shape index (κ2) is 3.19. The van der Waals surface area contributed by atoms with Gasteiger partial charge in [0.2, 0.25) is 0 Å². The molecule has 0 bridgehead atoms. The molecule has 11 heavy (non-hydrogen) atoms. The maximum Gasteiger partial charge on any atom is 0.339 e. The SMILES string of the molecule is O=C(O)C1(OO)CCCCC1. The van der Waals surface area contributed by atoms with Crippen molar-refractivity contribution in [2.75, 3.05) is 0 Å². The lowest BCUT2D eigenvalue weighted by Crippen LogP contribution is -2.42. The third-order valence-electron chi connectivity index (χ3n) is 2.23. The van der Waals surface area contributed by atoms with E-state index in [9.17, 15) is 4.79 Å². The highest BCUT2D eigenvalue weighted by atomic mass is 17.1. The molecule has 0 radical (unpaired) electrons. The molecular weight excluding hydrogens is 148 g/mol. The third-order valence-corrected chi connectivity index (χ3v) is 2.23. The van der Waals surface area contributed by atoms with E-state index in [1.54, 1.807) is 0 Å². The topological polar surface area (TPSA) is 66.8 Å². The average Bonchev–Trinajstić information content (AvgIpc) is 2.05. The number of carboxylic acid groups (broad SMARTS) is 1. The van der Waals surface area contributed by atoms with E-state index in [1.165, 1.54) is 0 Å². The van der Waals surface area contributed by atoms with E-state index in [1.807, 2.05) is 0 Å². The first kappa shape index (κ1) is 8.49. The van der Waals surface area contributed by atoms with Crippen molar-refractivity contribution in [1.29, 1.82) is 0 Å². The number of hydrogen-bond acceptors (Lipinski definition) is 3. The Balaban J connectivity index is 2.64. The van der Waals surface area contributed by atoms with Crippen molar-refractivity contribution in [3.05, 3.63) is 0 Å². The summed E-state index contributed by atoms with van der Waals surface area (Å²) in [6.07, 6.45) is 3.48. The summed E-state index contributed by atoms with van der Waals surface area (Å²) >= 11 is 0. The Morgan fingerprint density at radius 3 is 2.09 bits per heavy atom. The molecule has 2 N–H and O–H groups in total. The van der Waals surface area contributed by atoms with Gasteiger partial charge in [-0.05, 0) is 25.7 Å². The molecule has 0 spiro atoms. The second-order valence-corrected chi connectivity index (χ2v) is 2.95. The highest BCUT2D eigenvalue weighted by molar-refractivity contribution is 5.77. The Morgan fingerprint density at radius 2 is 1.82 bits per heavy atom. The fourth-order valence-electron chi connectivity index (χ4n) is 1.47. The van der Waals surface area contributed by atoms with Crippen molar-refractivity contribution in [2.45, 2.75) is 37.7 Å². The zero-order valence-corrected chi connectivity index (χ0v) is 6.25. The van der Waals surface area contributed by atoms with Crippen LogP contribution in [0.25, 0.3) is 0 Å². The number of rotatable bonds is 2. The summed E-state index contributed by atoms with van der Waals surface area (Å²) in [4.78, 5) is 14.7. The molecule has 4 nitrogen and oxygen atoms in total. The molecule has 4 heteroatoms. The van der Waals surface area contributed by atoms with Gasteiger partial charge in [-0.15, -0.1) is 0 Å². The lowest BCUT2D eigenvalue weighted by atomic mass is 9.85. The van der Waals surface area contributed by atoms with Gasteiger partial charge in [-0.3, -0.25) is 5.26 Å². The largest absolute Gasteiger partial charge is 0.479 e. The van der Waals surface area contributed by atoms with Crippen LogP contribution in [0.3, 0.4) is 0 Å². The van der Waals surface area contributed by atoms with Crippen LogP contribution < -0.4 is 0 Å². The monoisotopic (exact) mass is 160 g/mol. The molecule has 0 amide bonds. The van der Waals surface area contributed by atoms with Crippen LogP contribution in [0.5, 0.6) is 0 Å². The van der Waals surface area contributed by atoms with Gasteiger partial charge in [-0.25, -0.2) is 9.68 Å². The molecule has 1 aliphatic carbocycles. The summed E-state index contributed by atoms with van der Waals surface area (Å²) in [5, 5.41) is 17.1. The summed E-state index contributed by atoms with van der Waals surface area (Å²) in [6.45, 7) is 0. The molecular formula is C7H12O4. The molecule has 64 valence electrons. The minimum atomic E-state index is -1.31. The van der Waals surface area contributed by atoms with Gasteiger partial charge in [0.1, 0.15) is 0 Å². The first-order chi connectivity index (χ1) is 5.21. The van der Waals surface area contributed by atoms with Gasteiger partial charge in [0.25, 0.3) is 0 Å². The molecule has 0 aliphatic heterocycles. The molecule has 0 heterocycles. The van der Waals surface area contributed by atoms with E-state index in [2.05, 4.69) is 4.89 Å². The van der Waals surface area contributed by atoms with Gasteiger partial charge in [-0.2, -0.15) is 0 Å². The second-order valence-electron chi connectivity index (χ2n) is 2.95. The summed E-state index contributed by atoms with van der Waals surface area (Å²) < 4.78 is 0. The number of carbonyl (C=O) groups is 1. The van der Waals surface area contributed by atoms with Crippen LogP contribution in [0.2, 0.25) is 0 Å². The van der Waals surface area contributed by atoms with Crippen molar-refractivity contribution < 1.29 is 20.0 Å². The molecule has 1 saturated carbocycles. The molecule has 0 aromatic heterocycles. The van der Waals surface area contributed by atoms with Gasteiger partial charge in [0.05, 0.1) is 0 Å².